The molecule has 0 bridgehead atoms. The van der Waals surface area contributed by atoms with E-state index in [4.69, 9.17) is 22.1 Å². The molecule has 3 heterocycles. The standard InChI is InChI=1S/C23H29ClN6O4/c1-14(31)29(10-4-2-3-5-15-6-8-16(24)9-7-15)11-17-19(32)20(33)23(34-17)30-13-28-18-21(25)26-12-27-22(18)30/h6-9,12-13,17,19-20,23,32-33H,2-5,10-11H2,1H3,(H2,25,26,27)/t17-,19-,20-,23-/m1/s1. The maximum absolute atomic E-state index is 12.2. The second-order valence-electron chi connectivity index (χ2n) is 8.53. The number of fused-ring (bicyclic) bond motifs is 1. The molecule has 4 N–H and O–H groups in total. The van der Waals surface area contributed by atoms with Gasteiger partial charge in [-0.05, 0) is 37.0 Å². The number of benzene rings is 1. The Balaban J connectivity index is 1.32. The first kappa shape index (κ1) is 24.3. The summed E-state index contributed by atoms with van der Waals surface area (Å²) in [5.41, 5.74) is 7.85. The molecule has 4 atom stereocenters. The zero-order valence-electron chi connectivity index (χ0n) is 18.9. The number of aromatic nitrogens is 4. The Hall–Kier alpha value is -2.79. The Kier molecular flexibility index (Phi) is 7.62. The van der Waals surface area contributed by atoms with Gasteiger partial charge in [-0.1, -0.05) is 30.2 Å². The second-order valence-corrected chi connectivity index (χ2v) is 8.97. The van der Waals surface area contributed by atoms with Crippen LogP contribution in [0.4, 0.5) is 5.82 Å². The number of halogens is 1. The number of unbranched alkanes of at least 4 members (excludes halogenated alkanes) is 2. The van der Waals surface area contributed by atoms with Crippen molar-refractivity contribution in [3.05, 3.63) is 47.5 Å². The van der Waals surface area contributed by atoms with Crippen molar-refractivity contribution in [2.24, 2.45) is 0 Å². The topological polar surface area (TPSA) is 140 Å². The van der Waals surface area contributed by atoms with Crippen LogP contribution in [0.3, 0.4) is 0 Å². The number of nitrogens with zero attached hydrogens (tertiary/aromatic N) is 5. The third kappa shape index (κ3) is 5.30. The summed E-state index contributed by atoms with van der Waals surface area (Å²) >= 11 is 5.92. The van der Waals surface area contributed by atoms with Crippen molar-refractivity contribution in [2.45, 2.75) is 57.1 Å². The number of imidazole rings is 1. The largest absolute Gasteiger partial charge is 0.387 e. The third-order valence-corrected chi connectivity index (χ3v) is 6.40. The summed E-state index contributed by atoms with van der Waals surface area (Å²) < 4.78 is 7.49. The maximum Gasteiger partial charge on any atom is 0.219 e. The molecule has 34 heavy (non-hydrogen) atoms. The van der Waals surface area contributed by atoms with Crippen molar-refractivity contribution in [3.8, 4) is 0 Å². The van der Waals surface area contributed by atoms with E-state index >= 15 is 0 Å². The molecule has 1 fully saturated rings. The fraction of sp³-hybridized carbons (Fsp3) is 0.478. The highest BCUT2D eigenvalue weighted by Crippen LogP contribution is 2.32. The summed E-state index contributed by atoms with van der Waals surface area (Å²) in [7, 11) is 0. The first-order chi connectivity index (χ1) is 16.3. The predicted molar refractivity (Wildman–Crippen MR) is 127 cm³/mol. The minimum absolute atomic E-state index is 0.111. The van der Waals surface area contributed by atoms with Crippen LogP contribution < -0.4 is 5.73 Å². The van der Waals surface area contributed by atoms with E-state index in [0.29, 0.717) is 17.7 Å². The molecule has 1 aliphatic rings. The molecule has 1 aromatic carbocycles. The van der Waals surface area contributed by atoms with Gasteiger partial charge in [-0.25, -0.2) is 15.0 Å². The molecule has 2 aromatic heterocycles. The van der Waals surface area contributed by atoms with Crippen LogP contribution in [0.2, 0.25) is 5.02 Å². The smallest absolute Gasteiger partial charge is 0.219 e. The minimum atomic E-state index is -1.22. The number of ether oxygens (including phenoxy) is 1. The summed E-state index contributed by atoms with van der Waals surface area (Å²) in [4.78, 5) is 26.1. The number of aliphatic hydroxyl groups is 2. The number of aliphatic hydroxyl groups excluding tert-OH is 2. The monoisotopic (exact) mass is 488 g/mol. The molecule has 1 amide bonds. The first-order valence-electron chi connectivity index (χ1n) is 11.3. The number of carbonyl (C=O) groups excluding carboxylic acids is 1. The van der Waals surface area contributed by atoms with Crippen LogP contribution in [0, 0.1) is 0 Å². The van der Waals surface area contributed by atoms with Crippen LogP contribution >= 0.6 is 11.6 Å². The summed E-state index contributed by atoms with van der Waals surface area (Å²) in [5, 5.41) is 22.0. The van der Waals surface area contributed by atoms with E-state index in [1.807, 2.05) is 24.3 Å². The summed E-state index contributed by atoms with van der Waals surface area (Å²) in [6.45, 7) is 2.21. The molecule has 3 aromatic rings. The van der Waals surface area contributed by atoms with Gasteiger partial charge in [-0.2, -0.15) is 0 Å². The molecular formula is C23H29ClN6O4. The predicted octanol–water partition coefficient (Wildman–Crippen LogP) is 1.94. The van der Waals surface area contributed by atoms with Crippen molar-refractivity contribution in [2.75, 3.05) is 18.8 Å². The van der Waals surface area contributed by atoms with Crippen LogP contribution in [-0.4, -0.2) is 71.9 Å². The Morgan fingerprint density at radius 1 is 1.15 bits per heavy atom. The molecule has 0 saturated carbocycles. The number of nitrogen functional groups attached to an aromatic ring is 1. The van der Waals surface area contributed by atoms with Crippen molar-refractivity contribution < 1.29 is 19.7 Å². The molecule has 0 unspecified atom stereocenters. The zero-order chi connectivity index (χ0) is 24.2. The number of nitrogens with two attached hydrogens (primary N) is 1. The molecule has 0 spiro atoms. The van der Waals surface area contributed by atoms with E-state index in [1.54, 1.807) is 4.90 Å². The molecule has 11 heteroatoms. The lowest BCUT2D eigenvalue weighted by Gasteiger charge is -2.26. The van der Waals surface area contributed by atoms with Crippen LogP contribution in [0.25, 0.3) is 11.2 Å². The summed E-state index contributed by atoms with van der Waals surface area (Å²) in [6.07, 6.45) is 2.41. The lowest BCUT2D eigenvalue weighted by Crippen LogP contribution is -2.42. The van der Waals surface area contributed by atoms with E-state index in [2.05, 4.69) is 15.0 Å². The van der Waals surface area contributed by atoms with Crippen molar-refractivity contribution in [3.63, 3.8) is 0 Å². The van der Waals surface area contributed by atoms with E-state index in [-0.39, 0.29) is 18.3 Å². The van der Waals surface area contributed by atoms with E-state index in [9.17, 15) is 15.0 Å². The molecule has 10 nitrogen and oxygen atoms in total. The Bertz CT molecular complexity index is 1120. The van der Waals surface area contributed by atoms with Gasteiger partial charge in [0.05, 0.1) is 6.33 Å². The number of hydrogen-bond acceptors (Lipinski definition) is 8. The number of anilines is 1. The molecule has 1 aliphatic heterocycles. The van der Waals surface area contributed by atoms with Gasteiger partial charge in [0.1, 0.15) is 30.2 Å². The minimum Gasteiger partial charge on any atom is -0.387 e. The zero-order valence-corrected chi connectivity index (χ0v) is 19.7. The van der Waals surface area contributed by atoms with Crippen molar-refractivity contribution in [1.29, 1.82) is 0 Å². The van der Waals surface area contributed by atoms with Gasteiger partial charge in [0, 0.05) is 25.0 Å². The van der Waals surface area contributed by atoms with Crippen molar-refractivity contribution in [1.82, 2.24) is 24.4 Å². The number of aryl methyl sites for hydroxylation is 1. The summed E-state index contributed by atoms with van der Waals surface area (Å²) in [5.74, 6) is 0.104. The molecule has 1 saturated heterocycles. The fourth-order valence-electron chi connectivity index (χ4n) is 4.22. The fourth-order valence-corrected chi connectivity index (χ4v) is 4.35. The highest BCUT2D eigenvalue weighted by molar-refractivity contribution is 6.30. The van der Waals surface area contributed by atoms with Gasteiger partial charge >= 0.3 is 0 Å². The Morgan fingerprint density at radius 2 is 1.91 bits per heavy atom. The van der Waals surface area contributed by atoms with Crippen LogP contribution in [-0.2, 0) is 16.0 Å². The van der Waals surface area contributed by atoms with E-state index in [0.717, 1.165) is 30.7 Å². The lowest BCUT2D eigenvalue weighted by molar-refractivity contribution is -0.132. The number of rotatable bonds is 9. The van der Waals surface area contributed by atoms with Gasteiger partial charge < -0.3 is 25.6 Å². The van der Waals surface area contributed by atoms with Gasteiger partial charge in [0.15, 0.2) is 17.7 Å². The normalized spacial score (nSPS) is 22.4. The van der Waals surface area contributed by atoms with Crippen LogP contribution in [0.1, 0.15) is 38.0 Å². The average molecular weight is 489 g/mol. The highest BCUT2D eigenvalue weighted by Gasteiger charge is 2.45. The molecule has 0 radical (unpaired) electrons. The van der Waals surface area contributed by atoms with E-state index < -0.39 is 24.5 Å². The Morgan fingerprint density at radius 3 is 2.65 bits per heavy atom. The van der Waals surface area contributed by atoms with Crippen LogP contribution in [0.5, 0.6) is 0 Å². The molecule has 0 aliphatic carbocycles. The number of carbonyl (C=O) groups is 1. The number of hydrogen-bond donors (Lipinski definition) is 3. The summed E-state index contributed by atoms with van der Waals surface area (Å²) in [6, 6.07) is 7.82. The maximum atomic E-state index is 12.2. The van der Waals surface area contributed by atoms with Gasteiger partial charge in [-0.3, -0.25) is 9.36 Å². The van der Waals surface area contributed by atoms with Gasteiger partial charge in [-0.15, -0.1) is 0 Å². The second kappa shape index (κ2) is 10.6. The van der Waals surface area contributed by atoms with E-state index in [1.165, 1.54) is 29.7 Å². The first-order valence-corrected chi connectivity index (χ1v) is 11.7. The molecular weight excluding hydrogens is 460 g/mol. The lowest BCUT2D eigenvalue weighted by atomic mass is 10.1. The highest BCUT2D eigenvalue weighted by atomic mass is 35.5. The third-order valence-electron chi connectivity index (χ3n) is 6.15. The average Bonchev–Trinajstić information content (AvgIpc) is 3.36. The molecule has 4 rings (SSSR count). The Labute approximate surface area is 202 Å². The van der Waals surface area contributed by atoms with Gasteiger partial charge in [0.25, 0.3) is 0 Å². The quantitative estimate of drug-likeness (QED) is 0.388. The van der Waals surface area contributed by atoms with Gasteiger partial charge in [0.2, 0.25) is 5.91 Å². The number of amides is 1. The van der Waals surface area contributed by atoms with Crippen molar-refractivity contribution >= 4 is 34.5 Å². The SMILES string of the molecule is CC(=O)N(CCCCCc1ccc(Cl)cc1)C[C@H]1O[C@@H](n2cnc3c(N)ncnc32)[C@H](O)[C@@H]1O. The molecule has 182 valence electrons. The van der Waals surface area contributed by atoms with Crippen LogP contribution in [0.15, 0.2) is 36.9 Å².